The van der Waals surface area contributed by atoms with Crippen LogP contribution in [0.3, 0.4) is 0 Å². The number of Topliss-reactive ketones (excluding diaryl/α,β-unsaturated/α-hetero) is 1. The van der Waals surface area contributed by atoms with Crippen LogP contribution in [0.5, 0.6) is 5.75 Å². The Kier molecular flexibility index (Phi) is 8.23. The molecule has 0 amide bonds. The number of methoxy groups -OCH3 is 1. The van der Waals surface area contributed by atoms with Gasteiger partial charge in [0, 0.05) is 25.3 Å². The first-order valence-corrected chi connectivity index (χ1v) is 12.8. The average molecular weight is 529 g/mol. The molecule has 0 saturated carbocycles. The van der Waals surface area contributed by atoms with Gasteiger partial charge in [0.15, 0.2) is 0 Å². The topological polar surface area (TPSA) is 77.8 Å². The van der Waals surface area contributed by atoms with Gasteiger partial charge in [0.05, 0.1) is 23.9 Å². The van der Waals surface area contributed by atoms with E-state index in [4.69, 9.17) is 9.47 Å². The maximum Gasteiger partial charge on any atom is 0.345 e. The molecule has 0 saturated heterocycles. The molecule has 1 aromatic heterocycles. The Labute approximate surface area is 224 Å². The van der Waals surface area contributed by atoms with Gasteiger partial charge in [-0.3, -0.25) is 14.2 Å². The summed E-state index contributed by atoms with van der Waals surface area (Å²) in [4.78, 5) is 42.7. The largest absolute Gasteiger partial charge is 0.497 e. The summed E-state index contributed by atoms with van der Waals surface area (Å²) >= 11 is 1.08. The standard InChI is InChI=1S/C30H28N2O5S/c1-5-37-30(35)26(27(33)21-13-17-24(36-4)18-14-21)29-32(23-9-7-6-8-10-23)28(34)25(38-29)19-20-11-15-22(16-12-20)31(2)3/h6-19H,5H2,1-4H3. The fourth-order valence-corrected chi connectivity index (χ4v) is 4.99. The Balaban J connectivity index is 2.02. The molecular formula is C30H28N2O5S. The van der Waals surface area contributed by atoms with Crippen LogP contribution in [0.25, 0.3) is 17.3 Å². The fraction of sp³-hybridized carbons (Fsp3) is 0.167. The number of rotatable bonds is 8. The first-order valence-electron chi connectivity index (χ1n) is 12.0. The molecule has 8 heteroatoms. The van der Waals surface area contributed by atoms with E-state index in [0.29, 0.717) is 16.0 Å². The number of thiazole rings is 1. The smallest absolute Gasteiger partial charge is 0.345 e. The summed E-state index contributed by atoms with van der Waals surface area (Å²) in [5.41, 5.74) is 2.12. The zero-order valence-corrected chi connectivity index (χ0v) is 22.5. The molecule has 0 atom stereocenters. The van der Waals surface area contributed by atoms with Crippen molar-refractivity contribution in [3.05, 3.63) is 110 Å². The van der Waals surface area contributed by atoms with Crippen molar-refractivity contribution in [1.29, 1.82) is 0 Å². The van der Waals surface area contributed by atoms with E-state index in [0.717, 1.165) is 22.6 Å². The number of hydrogen-bond acceptors (Lipinski definition) is 7. The number of anilines is 1. The molecule has 3 aromatic carbocycles. The molecule has 0 aliphatic heterocycles. The zero-order chi connectivity index (χ0) is 27.2. The van der Waals surface area contributed by atoms with Gasteiger partial charge in [-0.1, -0.05) is 30.3 Å². The third-order valence-corrected chi connectivity index (χ3v) is 6.91. The highest BCUT2D eigenvalue weighted by Crippen LogP contribution is 2.17. The summed E-state index contributed by atoms with van der Waals surface area (Å²) in [7, 11) is 5.44. The van der Waals surface area contributed by atoms with Crippen LogP contribution < -0.4 is 24.4 Å². The van der Waals surface area contributed by atoms with Crippen LogP contribution in [0.2, 0.25) is 0 Å². The first kappa shape index (κ1) is 26.6. The van der Waals surface area contributed by atoms with Crippen molar-refractivity contribution < 1.29 is 19.1 Å². The van der Waals surface area contributed by atoms with E-state index in [1.165, 1.54) is 11.7 Å². The molecular weight excluding hydrogens is 500 g/mol. The number of carbonyl (C=O) groups excluding carboxylic acids is 2. The molecule has 4 rings (SSSR count). The van der Waals surface area contributed by atoms with E-state index in [1.54, 1.807) is 61.5 Å². The molecule has 1 heterocycles. The van der Waals surface area contributed by atoms with Gasteiger partial charge >= 0.3 is 5.97 Å². The van der Waals surface area contributed by atoms with E-state index in [2.05, 4.69) is 0 Å². The highest BCUT2D eigenvalue weighted by molar-refractivity contribution is 7.08. The zero-order valence-electron chi connectivity index (χ0n) is 21.6. The Bertz CT molecular complexity index is 1620. The second-order valence-electron chi connectivity index (χ2n) is 8.53. The summed E-state index contributed by atoms with van der Waals surface area (Å²) in [6.45, 7) is 1.75. The van der Waals surface area contributed by atoms with Gasteiger partial charge in [-0.2, -0.15) is 0 Å². The normalized spacial score (nSPS) is 12.2. The van der Waals surface area contributed by atoms with Gasteiger partial charge in [0.1, 0.15) is 16.0 Å². The number of aromatic nitrogens is 1. The minimum absolute atomic E-state index is 0.0797. The second kappa shape index (κ2) is 11.7. The van der Waals surface area contributed by atoms with Gasteiger partial charge < -0.3 is 14.4 Å². The van der Waals surface area contributed by atoms with Crippen molar-refractivity contribution in [3.63, 3.8) is 0 Å². The lowest BCUT2D eigenvalue weighted by atomic mass is 10.0. The maximum absolute atomic E-state index is 13.7. The van der Waals surface area contributed by atoms with Crippen LogP contribution in [0, 0.1) is 0 Å². The highest BCUT2D eigenvalue weighted by atomic mass is 32.1. The molecule has 7 nitrogen and oxygen atoms in total. The molecule has 38 heavy (non-hydrogen) atoms. The number of ether oxygens (including phenoxy) is 2. The molecule has 0 spiro atoms. The lowest BCUT2D eigenvalue weighted by molar-refractivity contribution is -0.136. The van der Waals surface area contributed by atoms with Crippen molar-refractivity contribution in [2.24, 2.45) is 0 Å². The van der Waals surface area contributed by atoms with E-state index in [9.17, 15) is 14.4 Å². The second-order valence-corrected chi connectivity index (χ2v) is 9.56. The number of nitrogens with zero attached hydrogens (tertiary/aromatic N) is 2. The van der Waals surface area contributed by atoms with Crippen LogP contribution in [-0.2, 0) is 9.53 Å². The Morgan fingerprint density at radius 2 is 1.61 bits per heavy atom. The van der Waals surface area contributed by atoms with Crippen LogP contribution >= 0.6 is 11.3 Å². The minimum Gasteiger partial charge on any atom is -0.497 e. The van der Waals surface area contributed by atoms with Gasteiger partial charge in [-0.25, -0.2) is 4.79 Å². The van der Waals surface area contributed by atoms with Gasteiger partial charge in [0.2, 0.25) is 5.78 Å². The van der Waals surface area contributed by atoms with E-state index in [-0.39, 0.29) is 28.0 Å². The summed E-state index contributed by atoms with van der Waals surface area (Å²) in [6, 6.07) is 23.1. The summed E-state index contributed by atoms with van der Waals surface area (Å²) in [5, 5.41) is 0. The lowest BCUT2D eigenvalue weighted by Gasteiger charge is -2.11. The Hall–Kier alpha value is -4.43. The number of hydrogen-bond donors (Lipinski definition) is 0. The molecule has 0 aliphatic carbocycles. The van der Waals surface area contributed by atoms with Crippen molar-refractivity contribution in [3.8, 4) is 11.4 Å². The van der Waals surface area contributed by atoms with E-state index >= 15 is 0 Å². The third kappa shape index (κ3) is 5.60. The van der Waals surface area contributed by atoms with Crippen molar-refractivity contribution in [2.45, 2.75) is 6.92 Å². The van der Waals surface area contributed by atoms with Gasteiger partial charge in [-0.05, 0) is 67.1 Å². The van der Waals surface area contributed by atoms with E-state index < -0.39 is 11.8 Å². The molecule has 0 radical (unpaired) electrons. The third-order valence-electron chi connectivity index (χ3n) is 5.82. The number of carbonyl (C=O) groups is 2. The molecule has 4 aromatic rings. The molecule has 0 bridgehead atoms. The van der Waals surface area contributed by atoms with E-state index in [1.807, 2.05) is 49.3 Å². The molecule has 0 N–H and O–H groups in total. The van der Waals surface area contributed by atoms with Gasteiger partial charge in [0.25, 0.3) is 5.56 Å². The molecule has 194 valence electrons. The number of ketones is 1. The van der Waals surface area contributed by atoms with Crippen molar-refractivity contribution >= 4 is 40.4 Å². The lowest BCUT2D eigenvalue weighted by Crippen LogP contribution is -2.33. The quantitative estimate of drug-likeness (QED) is 0.198. The predicted octanol–water partition coefficient (Wildman–Crippen LogP) is 3.40. The van der Waals surface area contributed by atoms with Crippen LogP contribution in [0.1, 0.15) is 22.8 Å². The average Bonchev–Trinajstić information content (AvgIpc) is 3.24. The van der Waals surface area contributed by atoms with Crippen LogP contribution in [0.4, 0.5) is 5.69 Å². The van der Waals surface area contributed by atoms with Crippen LogP contribution in [0.15, 0.2) is 83.7 Å². The fourth-order valence-electron chi connectivity index (χ4n) is 3.85. The minimum atomic E-state index is -0.791. The maximum atomic E-state index is 13.7. The number of para-hydroxylation sites is 1. The molecule has 0 fully saturated rings. The number of benzene rings is 3. The van der Waals surface area contributed by atoms with Crippen LogP contribution in [-0.4, -0.2) is 44.1 Å². The van der Waals surface area contributed by atoms with Crippen molar-refractivity contribution in [1.82, 2.24) is 4.57 Å². The summed E-state index contributed by atoms with van der Waals surface area (Å²) in [6.07, 6.45) is 1.76. The molecule has 0 aliphatic rings. The Morgan fingerprint density at radius 1 is 0.947 bits per heavy atom. The summed E-state index contributed by atoms with van der Waals surface area (Å²) in [5.74, 6) is -0.756. The highest BCUT2D eigenvalue weighted by Gasteiger charge is 2.26. The Morgan fingerprint density at radius 3 is 2.18 bits per heavy atom. The first-order chi connectivity index (χ1) is 18.3. The van der Waals surface area contributed by atoms with Crippen molar-refractivity contribution in [2.75, 3.05) is 32.7 Å². The molecule has 0 unspecified atom stereocenters. The SMILES string of the molecule is CCOC(=O)C(C(=O)c1ccc(OC)cc1)=c1sc(=Cc2ccc(N(C)C)cc2)c(=O)n1-c1ccccc1. The predicted molar refractivity (Wildman–Crippen MR) is 151 cm³/mol. The summed E-state index contributed by atoms with van der Waals surface area (Å²) < 4.78 is 12.5. The number of esters is 1. The van der Waals surface area contributed by atoms with Gasteiger partial charge in [-0.15, -0.1) is 11.3 Å². The monoisotopic (exact) mass is 528 g/mol.